The zero-order chi connectivity index (χ0) is 15.0. The standard InChI is InChI=1S/C16H22N2O3/c17-13-5-4-11(15(19)20)9-14(13)18-8-7-16(21)6-2-1-3-12(16)10-18/h4-5,9,12,21H,1-3,6-8,10,17H2,(H,19,20). The lowest BCUT2D eigenvalue weighted by Crippen LogP contribution is -2.53. The van der Waals surface area contributed by atoms with Gasteiger partial charge in [-0.1, -0.05) is 12.8 Å². The molecule has 2 aliphatic rings. The van der Waals surface area contributed by atoms with Crippen LogP contribution in [0, 0.1) is 5.92 Å². The summed E-state index contributed by atoms with van der Waals surface area (Å²) in [5, 5.41) is 19.8. The number of nitrogens with zero attached hydrogens (tertiary/aromatic N) is 1. The van der Waals surface area contributed by atoms with Crippen LogP contribution in [-0.2, 0) is 0 Å². The van der Waals surface area contributed by atoms with E-state index in [1.165, 1.54) is 6.07 Å². The molecule has 5 nitrogen and oxygen atoms in total. The van der Waals surface area contributed by atoms with Gasteiger partial charge in [-0.05, 0) is 37.5 Å². The first kappa shape index (κ1) is 14.2. The molecule has 1 aliphatic carbocycles. The number of aliphatic hydroxyl groups is 1. The third-order valence-corrected chi connectivity index (χ3v) is 5.05. The average Bonchev–Trinajstić information content (AvgIpc) is 2.46. The van der Waals surface area contributed by atoms with Crippen molar-refractivity contribution in [2.45, 2.75) is 37.7 Å². The molecular weight excluding hydrogens is 268 g/mol. The van der Waals surface area contributed by atoms with Crippen LogP contribution in [0.5, 0.6) is 0 Å². The fourth-order valence-corrected chi connectivity index (χ4v) is 3.74. The molecular formula is C16H22N2O3. The van der Waals surface area contributed by atoms with Gasteiger partial charge < -0.3 is 20.8 Å². The van der Waals surface area contributed by atoms with Gasteiger partial charge in [-0.2, -0.15) is 0 Å². The molecule has 114 valence electrons. The Morgan fingerprint density at radius 2 is 2.14 bits per heavy atom. The van der Waals surface area contributed by atoms with E-state index in [9.17, 15) is 9.90 Å². The molecule has 1 aliphatic heterocycles. The van der Waals surface area contributed by atoms with Crippen LogP contribution >= 0.6 is 0 Å². The van der Waals surface area contributed by atoms with E-state index in [0.29, 0.717) is 5.69 Å². The topological polar surface area (TPSA) is 86.8 Å². The van der Waals surface area contributed by atoms with Crippen molar-refractivity contribution in [2.24, 2.45) is 5.92 Å². The Hall–Kier alpha value is -1.75. The van der Waals surface area contributed by atoms with Crippen molar-refractivity contribution in [1.82, 2.24) is 0 Å². The molecule has 1 saturated carbocycles. The van der Waals surface area contributed by atoms with Crippen LogP contribution in [0.1, 0.15) is 42.5 Å². The molecule has 1 aromatic rings. The lowest BCUT2D eigenvalue weighted by Gasteiger charge is -2.48. The van der Waals surface area contributed by atoms with Crippen LogP contribution in [-0.4, -0.2) is 34.9 Å². The van der Waals surface area contributed by atoms with E-state index >= 15 is 0 Å². The normalized spacial score (nSPS) is 29.0. The number of benzene rings is 1. The summed E-state index contributed by atoms with van der Waals surface area (Å²) in [5.41, 5.74) is 7.12. The average molecular weight is 290 g/mol. The monoisotopic (exact) mass is 290 g/mol. The van der Waals surface area contributed by atoms with E-state index in [1.54, 1.807) is 12.1 Å². The zero-order valence-corrected chi connectivity index (χ0v) is 12.1. The Kier molecular flexibility index (Phi) is 3.53. The number of nitrogen functional groups attached to an aromatic ring is 1. The molecule has 21 heavy (non-hydrogen) atoms. The Labute approximate surface area is 124 Å². The lowest BCUT2D eigenvalue weighted by molar-refractivity contribution is -0.0612. The van der Waals surface area contributed by atoms with E-state index in [-0.39, 0.29) is 11.5 Å². The number of carboxylic acid groups (broad SMARTS) is 1. The van der Waals surface area contributed by atoms with Crippen LogP contribution in [0.25, 0.3) is 0 Å². The van der Waals surface area contributed by atoms with E-state index in [2.05, 4.69) is 4.90 Å². The highest BCUT2D eigenvalue weighted by molar-refractivity contribution is 5.90. The highest BCUT2D eigenvalue weighted by atomic mass is 16.4. The minimum atomic E-state index is -0.942. The van der Waals surface area contributed by atoms with E-state index < -0.39 is 11.6 Å². The molecule has 1 saturated heterocycles. The summed E-state index contributed by atoms with van der Waals surface area (Å²) in [5.74, 6) is -0.685. The minimum absolute atomic E-state index is 0.253. The summed E-state index contributed by atoms with van der Waals surface area (Å²) in [6.07, 6.45) is 4.91. The summed E-state index contributed by atoms with van der Waals surface area (Å²) in [4.78, 5) is 13.3. The van der Waals surface area contributed by atoms with E-state index in [4.69, 9.17) is 10.8 Å². The molecule has 0 amide bonds. The fraction of sp³-hybridized carbons (Fsp3) is 0.562. The van der Waals surface area contributed by atoms with Crippen molar-refractivity contribution in [1.29, 1.82) is 0 Å². The molecule has 1 aromatic carbocycles. The summed E-state index contributed by atoms with van der Waals surface area (Å²) in [7, 11) is 0. The van der Waals surface area contributed by atoms with Gasteiger partial charge >= 0.3 is 5.97 Å². The molecule has 0 aromatic heterocycles. The van der Waals surface area contributed by atoms with Gasteiger partial charge in [0.2, 0.25) is 0 Å². The van der Waals surface area contributed by atoms with Crippen molar-refractivity contribution >= 4 is 17.3 Å². The van der Waals surface area contributed by atoms with Gasteiger partial charge in [-0.25, -0.2) is 4.79 Å². The van der Waals surface area contributed by atoms with Gasteiger partial charge in [-0.15, -0.1) is 0 Å². The fourth-order valence-electron chi connectivity index (χ4n) is 3.74. The predicted molar refractivity (Wildman–Crippen MR) is 81.6 cm³/mol. The number of piperidine rings is 1. The molecule has 0 radical (unpaired) electrons. The SMILES string of the molecule is Nc1ccc(C(=O)O)cc1N1CCC2(O)CCCCC2C1. The summed E-state index contributed by atoms with van der Waals surface area (Å²) >= 11 is 0. The summed E-state index contributed by atoms with van der Waals surface area (Å²) in [6, 6.07) is 4.83. The number of anilines is 2. The molecule has 0 bridgehead atoms. The molecule has 3 rings (SSSR count). The van der Waals surface area contributed by atoms with Crippen molar-refractivity contribution in [3.05, 3.63) is 23.8 Å². The Morgan fingerprint density at radius 1 is 1.33 bits per heavy atom. The molecule has 2 fully saturated rings. The van der Waals surface area contributed by atoms with Gasteiger partial charge in [0.1, 0.15) is 0 Å². The van der Waals surface area contributed by atoms with Gasteiger partial charge in [0, 0.05) is 19.0 Å². The Bertz CT molecular complexity index is 560. The van der Waals surface area contributed by atoms with Crippen molar-refractivity contribution in [2.75, 3.05) is 23.7 Å². The summed E-state index contributed by atoms with van der Waals surface area (Å²) < 4.78 is 0. The van der Waals surface area contributed by atoms with Gasteiger partial charge in [0.05, 0.1) is 22.5 Å². The first-order valence-electron chi connectivity index (χ1n) is 7.60. The van der Waals surface area contributed by atoms with E-state index in [1.807, 2.05) is 0 Å². The number of aromatic carboxylic acids is 1. The lowest BCUT2D eigenvalue weighted by atomic mass is 9.71. The third-order valence-electron chi connectivity index (χ3n) is 5.05. The quantitative estimate of drug-likeness (QED) is 0.726. The van der Waals surface area contributed by atoms with E-state index in [0.717, 1.165) is 50.9 Å². The van der Waals surface area contributed by atoms with Crippen LogP contribution in [0.2, 0.25) is 0 Å². The highest BCUT2D eigenvalue weighted by Gasteiger charge is 2.43. The molecule has 2 atom stereocenters. The first-order valence-corrected chi connectivity index (χ1v) is 7.60. The number of nitrogens with two attached hydrogens (primary N) is 1. The number of fused-ring (bicyclic) bond motifs is 1. The summed E-state index contributed by atoms with van der Waals surface area (Å²) in [6.45, 7) is 1.48. The molecule has 4 N–H and O–H groups in total. The maximum absolute atomic E-state index is 11.1. The molecule has 2 unspecified atom stereocenters. The smallest absolute Gasteiger partial charge is 0.335 e. The second kappa shape index (κ2) is 5.22. The first-order chi connectivity index (χ1) is 9.99. The Morgan fingerprint density at radius 3 is 2.90 bits per heavy atom. The second-order valence-electron chi connectivity index (χ2n) is 6.32. The number of hydrogen-bond acceptors (Lipinski definition) is 4. The van der Waals surface area contributed by atoms with Crippen LogP contribution in [0.4, 0.5) is 11.4 Å². The maximum atomic E-state index is 11.1. The van der Waals surface area contributed by atoms with Crippen LogP contribution < -0.4 is 10.6 Å². The third kappa shape index (κ3) is 2.58. The van der Waals surface area contributed by atoms with Crippen molar-refractivity contribution in [3.63, 3.8) is 0 Å². The number of carbonyl (C=O) groups is 1. The van der Waals surface area contributed by atoms with Crippen LogP contribution in [0.15, 0.2) is 18.2 Å². The molecule has 1 heterocycles. The highest BCUT2D eigenvalue weighted by Crippen LogP contribution is 2.41. The second-order valence-corrected chi connectivity index (χ2v) is 6.32. The van der Waals surface area contributed by atoms with Crippen molar-refractivity contribution in [3.8, 4) is 0 Å². The maximum Gasteiger partial charge on any atom is 0.335 e. The van der Waals surface area contributed by atoms with Crippen LogP contribution in [0.3, 0.4) is 0 Å². The van der Waals surface area contributed by atoms with Gasteiger partial charge in [0.15, 0.2) is 0 Å². The minimum Gasteiger partial charge on any atom is -0.478 e. The number of hydrogen-bond donors (Lipinski definition) is 3. The predicted octanol–water partition coefficient (Wildman–Crippen LogP) is 2.10. The number of carboxylic acids is 1. The molecule has 0 spiro atoms. The number of rotatable bonds is 2. The van der Waals surface area contributed by atoms with Crippen molar-refractivity contribution < 1.29 is 15.0 Å². The Balaban J connectivity index is 1.85. The van der Waals surface area contributed by atoms with Gasteiger partial charge in [0.25, 0.3) is 0 Å². The van der Waals surface area contributed by atoms with Gasteiger partial charge in [-0.3, -0.25) is 0 Å². The largest absolute Gasteiger partial charge is 0.478 e. The zero-order valence-electron chi connectivity index (χ0n) is 12.1. The molecule has 5 heteroatoms.